The second-order valence-electron chi connectivity index (χ2n) is 4.10. The number of hydrogen-bond acceptors (Lipinski definition) is 4. The van der Waals surface area contributed by atoms with Gasteiger partial charge >= 0.3 is 5.97 Å². The lowest BCUT2D eigenvalue weighted by Crippen LogP contribution is -2.45. The first kappa shape index (κ1) is 14.8. The fraction of sp³-hybridized carbons (Fsp3) is 0.909. The van der Waals surface area contributed by atoms with Crippen molar-refractivity contribution >= 4 is 17.7 Å². The minimum Gasteiger partial charge on any atom is -0.468 e. The topological polar surface area (TPSA) is 52.3 Å². The number of hydrogen-bond donors (Lipinski definition) is 1. The van der Waals surface area contributed by atoms with E-state index in [1.54, 1.807) is 6.92 Å². The molecule has 0 aromatic rings. The monoisotopic (exact) mass is 233 g/mol. The molecule has 0 saturated heterocycles. The molecular weight excluding hydrogens is 210 g/mol. The molecule has 2 N–H and O–H groups in total. The van der Waals surface area contributed by atoms with Crippen LogP contribution < -0.4 is 5.73 Å². The van der Waals surface area contributed by atoms with E-state index in [1.165, 1.54) is 13.5 Å². The molecule has 0 amide bonds. The van der Waals surface area contributed by atoms with Gasteiger partial charge in [-0.3, -0.25) is 4.79 Å². The first-order chi connectivity index (χ1) is 6.94. The summed E-state index contributed by atoms with van der Waals surface area (Å²) in [5.41, 5.74) is 5.01. The molecular formula is C11H23NO2S. The summed E-state index contributed by atoms with van der Waals surface area (Å²) in [5.74, 6) is 0.731. The molecule has 0 heterocycles. The lowest BCUT2D eigenvalue weighted by atomic mass is 9.98. The third-order valence-corrected chi connectivity index (χ3v) is 3.90. The van der Waals surface area contributed by atoms with E-state index < -0.39 is 5.54 Å². The molecule has 0 aliphatic heterocycles. The molecule has 0 radical (unpaired) electrons. The van der Waals surface area contributed by atoms with Crippen molar-refractivity contribution in [1.29, 1.82) is 0 Å². The van der Waals surface area contributed by atoms with Crippen molar-refractivity contribution in [2.24, 2.45) is 5.73 Å². The van der Waals surface area contributed by atoms with Crippen LogP contribution in [0.5, 0.6) is 0 Å². The molecule has 0 spiro atoms. The van der Waals surface area contributed by atoms with Crippen LogP contribution in [0.15, 0.2) is 0 Å². The molecule has 0 aliphatic rings. The summed E-state index contributed by atoms with van der Waals surface area (Å²) in [6.07, 6.45) is 2.82. The van der Waals surface area contributed by atoms with Crippen molar-refractivity contribution in [2.75, 3.05) is 12.9 Å². The Bertz CT molecular complexity index is 195. The van der Waals surface area contributed by atoms with Crippen LogP contribution in [0, 0.1) is 0 Å². The molecule has 0 aromatic heterocycles. The molecule has 4 heteroatoms. The van der Waals surface area contributed by atoms with Crippen molar-refractivity contribution in [3.8, 4) is 0 Å². The highest BCUT2D eigenvalue weighted by Crippen LogP contribution is 2.18. The zero-order valence-corrected chi connectivity index (χ0v) is 11.0. The zero-order valence-electron chi connectivity index (χ0n) is 10.2. The average molecular weight is 233 g/mol. The number of nitrogens with two attached hydrogens (primary N) is 1. The number of methoxy groups -OCH3 is 1. The summed E-state index contributed by atoms with van der Waals surface area (Å²) in [7, 11) is 1.38. The maximum absolute atomic E-state index is 11.3. The molecule has 0 aromatic carbocycles. The van der Waals surface area contributed by atoms with Gasteiger partial charge in [0.25, 0.3) is 0 Å². The molecule has 2 atom stereocenters. The molecule has 0 rings (SSSR count). The van der Waals surface area contributed by atoms with Gasteiger partial charge < -0.3 is 10.5 Å². The van der Waals surface area contributed by atoms with Crippen LogP contribution in [0.25, 0.3) is 0 Å². The number of ether oxygens (including phenoxy) is 1. The summed E-state index contributed by atoms with van der Waals surface area (Å²) in [6, 6.07) is 0. The van der Waals surface area contributed by atoms with Crippen LogP contribution in [0.1, 0.15) is 40.0 Å². The lowest BCUT2D eigenvalue weighted by Gasteiger charge is -2.21. The van der Waals surface area contributed by atoms with Crippen molar-refractivity contribution in [2.45, 2.75) is 50.8 Å². The average Bonchev–Trinajstić information content (AvgIpc) is 2.22. The van der Waals surface area contributed by atoms with Gasteiger partial charge in [0, 0.05) is 5.25 Å². The van der Waals surface area contributed by atoms with Gasteiger partial charge in [-0.2, -0.15) is 11.8 Å². The summed E-state index contributed by atoms with van der Waals surface area (Å²) in [4.78, 5) is 11.3. The predicted octanol–water partition coefficient (Wildman–Crippen LogP) is 2.19. The Labute approximate surface area is 97.1 Å². The molecule has 90 valence electrons. The predicted molar refractivity (Wildman–Crippen MR) is 66.1 cm³/mol. The van der Waals surface area contributed by atoms with Crippen LogP contribution in [0.2, 0.25) is 0 Å². The van der Waals surface area contributed by atoms with E-state index in [9.17, 15) is 4.79 Å². The van der Waals surface area contributed by atoms with E-state index in [0.29, 0.717) is 11.7 Å². The number of esters is 1. The second kappa shape index (κ2) is 7.12. The van der Waals surface area contributed by atoms with Gasteiger partial charge in [-0.05, 0) is 31.9 Å². The van der Waals surface area contributed by atoms with Gasteiger partial charge in [0.05, 0.1) is 7.11 Å². The molecule has 3 nitrogen and oxygen atoms in total. The smallest absolute Gasteiger partial charge is 0.325 e. The van der Waals surface area contributed by atoms with Gasteiger partial charge in [-0.15, -0.1) is 0 Å². The Morgan fingerprint density at radius 3 is 2.67 bits per heavy atom. The van der Waals surface area contributed by atoms with E-state index in [4.69, 9.17) is 5.73 Å². The molecule has 2 unspecified atom stereocenters. The number of carbonyl (C=O) groups is 1. The highest BCUT2D eigenvalue weighted by Gasteiger charge is 2.28. The Kier molecular flexibility index (Phi) is 7.02. The summed E-state index contributed by atoms with van der Waals surface area (Å²) >= 11 is 1.93. The van der Waals surface area contributed by atoms with Crippen molar-refractivity contribution in [3.63, 3.8) is 0 Å². The summed E-state index contributed by atoms with van der Waals surface area (Å²) in [6.45, 7) is 6.12. The van der Waals surface area contributed by atoms with Crippen molar-refractivity contribution < 1.29 is 9.53 Å². The van der Waals surface area contributed by atoms with Crippen LogP contribution in [-0.2, 0) is 9.53 Å². The highest BCUT2D eigenvalue weighted by molar-refractivity contribution is 7.99. The van der Waals surface area contributed by atoms with Crippen LogP contribution in [0.3, 0.4) is 0 Å². The van der Waals surface area contributed by atoms with Crippen molar-refractivity contribution in [3.05, 3.63) is 0 Å². The van der Waals surface area contributed by atoms with Crippen molar-refractivity contribution in [1.82, 2.24) is 0 Å². The van der Waals surface area contributed by atoms with Gasteiger partial charge in [0.1, 0.15) is 5.54 Å². The van der Waals surface area contributed by atoms with Gasteiger partial charge in [0.2, 0.25) is 0 Å². The number of rotatable bonds is 7. The van der Waals surface area contributed by atoms with Crippen LogP contribution in [-0.4, -0.2) is 29.6 Å². The first-order valence-corrected chi connectivity index (χ1v) is 6.47. The highest BCUT2D eigenvalue weighted by atomic mass is 32.2. The normalized spacial score (nSPS) is 16.9. The third kappa shape index (κ3) is 6.05. The SMILES string of the molecule is CCC(C)SCCCC(C)(N)C(=O)OC. The Morgan fingerprint density at radius 2 is 2.20 bits per heavy atom. The Morgan fingerprint density at radius 1 is 1.60 bits per heavy atom. The molecule has 15 heavy (non-hydrogen) atoms. The fourth-order valence-corrected chi connectivity index (χ4v) is 2.13. The maximum Gasteiger partial charge on any atom is 0.325 e. The molecule has 0 fully saturated rings. The van der Waals surface area contributed by atoms with Crippen LogP contribution >= 0.6 is 11.8 Å². The molecule has 0 bridgehead atoms. The van der Waals surface area contributed by atoms with Gasteiger partial charge in [-0.1, -0.05) is 13.8 Å². The van der Waals surface area contributed by atoms with E-state index in [2.05, 4.69) is 18.6 Å². The van der Waals surface area contributed by atoms with Crippen LogP contribution in [0.4, 0.5) is 0 Å². The van der Waals surface area contributed by atoms with Gasteiger partial charge in [0.15, 0.2) is 0 Å². The zero-order chi connectivity index (χ0) is 11.9. The Balaban J connectivity index is 3.71. The molecule has 0 saturated carbocycles. The standard InChI is InChI=1S/C11H23NO2S/c1-5-9(2)15-8-6-7-11(3,12)10(13)14-4/h9H,5-8,12H2,1-4H3. The molecule has 0 aliphatic carbocycles. The quantitative estimate of drug-likeness (QED) is 0.541. The second-order valence-corrected chi connectivity index (χ2v) is 5.65. The van der Waals surface area contributed by atoms with Gasteiger partial charge in [-0.25, -0.2) is 0 Å². The van der Waals surface area contributed by atoms with E-state index >= 15 is 0 Å². The summed E-state index contributed by atoms with van der Waals surface area (Å²) < 4.78 is 4.64. The van der Waals surface area contributed by atoms with E-state index in [1.807, 2.05) is 11.8 Å². The minimum atomic E-state index is -0.829. The fourth-order valence-electron chi connectivity index (χ4n) is 1.18. The lowest BCUT2D eigenvalue weighted by molar-refractivity contribution is -0.146. The minimum absolute atomic E-state index is 0.323. The first-order valence-electron chi connectivity index (χ1n) is 5.43. The summed E-state index contributed by atoms with van der Waals surface area (Å²) in [5, 5.41) is 0.687. The third-order valence-electron chi connectivity index (χ3n) is 2.47. The number of thioether (sulfide) groups is 1. The largest absolute Gasteiger partial charge is 0.468 e. The Hall–Kier alpha value is -0.220. The van der Waals surface area contributed by atoms with E-state index in [-0.39, 0.29) is 5.97 Å². The van der Waals surface area contributed by atoms with E-state index in [0.717, 1.165) is 12.2 Å². The maximum atomic E-state index is 11.3. The number of carbonyl (C=O) groups excluding carboxylic acids is 1.